The number of nitrogens with two attached hydrogens (primary N) is 2. The molecule has 0 aliphatic rings. The van der Waals surface area contributed by atoms with Crippen molar-refractivity contribution in [2.24, 2.45) is 5.92 Å². The monoisotopic (exact) mass is 318 g/mol. The summed E-state index contributed by atoms with van der Waals surface area (Å²) in [7, 11) is 0. The molecule has 6 N–H and O–H groups in total. The number of thiazole rings is 1. The molecule has 0 spiro atoms. The summed E-state index contributed by atoms with van der Waals surface area (Å²) >= 11 is 1.62. The molecule has 0 bridgehead atoms. The quantitative estimate of drug-likeness (QED) is 0.560. The van der Waals surface area contributed by atoms with Gasteiger partial charge in [-0.05, 0) is 5.92 Å². The van der Waals surface area contributed by atoms with Crippen LogP contribution in [-0.4, -0.2) is 24.9 Å². The Balaban J connectivity index is 1.89. The van der Waals surface area contributed by atoms with E-state index in [1.54, 1.807) is 17.5 Å². The van der Waals surface area contributed by atoms with Gasteiger partial charge in [0.1, 0.15) is 16.3 Å². The number of nitrogens with one attached hydrogen (secondary N) is 2. The molecule has 0 fully saturated rings. The minimum atomic E-state index is 0.0266. The molecule has 0 saturated carbocycles. The lowest BCUT2D eigenvalue weighted by Crippen LogP contribution is -2.26. The molecular weight excluding hydrogens is 300 g/mol. The lowest BCUT2D eigenvalue weighted by molar-refractivity contribution is 0.395. The van der Waals surface area contributed by atoms with Crippen molar-refractivity contribution in [2.45, 2.75) is 26.4 Å². The Morgan fingerprint density at radius 1 is 1.27 bits per heavy atom. The van der Waals surface area contributed by atoms with Crippen molar-refractivity contribution in [3.05, 3.63) is 22.4 Å². The second kappa shape index (κ2) is 5.85. The summed E-state index contributed by atoms with van der Waals surface area (Å²) in [5.74, 6) is 1.53. The number of H-pyrrole nitrogens is 1. The van der Waals surface area contributed by atoms with Crippen molar-refractivity contribution < 1.29 is 0 Å². The van der Waals surface area contributed by atoms with E-state index >= 15 is 0 Å². The van der Waals surface area contributed by atoms with Gasteiger partial charge in [0.25, 0.3) is 0 Å². The number of fused-ring (bicyclic) bond motifs is 1. The van der Waals surface area contributed by atoms with Gasteiger partial charge in [-0.25, -0.2) is 9.97 Å². The van der Waals surface area contributed by atoms with Crippen LogP contribution in [0.4, 0.5) is 11.8 Å². The fourth-order valence-electron chi connectivity index (χ4n) is 2.29. The first kappa shape index (κ1) is 14.7. The van der Waals surface area contributed by atoms with E-state index in [1.807, 2.05) is 5.38 Å². The van der Waals surface area contributed by atoms with Crippen LogP contribution in [-0.2, 0) is 6.54 Å². The molecule has 0 aliphatic heterocycles. The van der Waals surface area contributed by atoms with Crippen molar-refractivity contribution in [1.82, 2.24) is 30.2 Å². The normalized spacial score (nSPS) is 13.0. The molecule has 8 nitrogen and oxygen atoms in total. The Morgan fingerprint density at radius 3 is 2.77 bits per heavy atom. The minimum absolute atomic E-state index is 0.0266. The second-order valence-electron chi connectivity index (χ2n) is 5.32. The van der Waals surface area contributed by atoms with Crippen LogP contribution in [0.15, 0.2) is 11.6 Å². The summed E-state index contributed by atoms with van der Waals surface area (Å²) in [5, 5.41) is 6.46. The smallest absolute Gasteiger partial charge is 0.224 e. The average Bonchev–Trinajstić information content (AvgIpc) is 3.07. The van der Waals surface area contributed by atoms with Crippen LogP contribution < -0.4 is 16.8 Å². The van der Waals surface area contributed by atoms with Gasteiger partial charge in [0.05, 0.1) is 6.04 Å². The standard InChI is InChI=1S/C13H18N8S/c1-6(2)8(17-5-7-16-3-4-22-7)11-18-9-10(14)19-13(15)21-12(9)20-11/h3-4,6,8,17H,5H2,1-2H3,(H5,14,15,18,19,20,21). The van der Waals surface area contributed by atoms with Crippen molar-refractivity contribution >= 4 is 34.3 Å². The number of hydrogen-bond donors (Lipinski definition) is 4. The van der Waals surface area contributed by atoms with E-state index in [0.29, 0.717) is 29.4 Å². The SMILES string of the molecule is CC(C)C(NCc1nccs1)c1nc2nc(N)nc(N)c2[nH]1. The number of aromatic nitrogens is 5. The van der Waals surface area contributed by atoms with Gasteiger partial charge in [-0.15, -0.1) is 11.3 Å². The number of imidazole rings is 1. The molecule has 3 aromatic heterocycles. The van der Waals surface area contributed by atoms with Crippen LogP contribution in [0.3, 0.4) is 0 Å². The highest BCUT2D eigenvalue weighted by Gasteiger charge is 2.21. The van der Waals surface area contributed by atoms with Crippen LogP contribution in [0.25, 0.3) is 11.2 Å². The number of hydrogen-bond acceptors (Lipinski definition) is 8. The first-order valence-electron chi connectivity index (χ1n) is 6.95. The summed E-state index contributed by atoms with van der Waals surface area (Å²) in [5.41, 5.74) is 12.6. The summed E-state index contributed by atoms with van der Waals surface area (Å²) < 4.78 is 0. The van der Waals surface area contributed by atoms with E-state index in [2.05, 4.69) is 44.1 Å². The first-order chi connectivity index (χ1) is 10.5. The van der Waals surface area contributed by atoms with Crippen LogP contribution in [0.2, 0.25) is 0 Å². The van der Waals surface area contributed by atoms with Crippen molar-refractivity contribution in [3.8, 4) is 0 Å². The predicted molar refractivity (Wildman–Crippen MR) is 87.0 cm³/mol. The molecule has 3 heterocycles. The molecule has 1 unspecified atom stereocenters. The predicted octanol–water partition coefficient (Wildman–Crippen LogP) is 1.46. The lowest BCUT2D eigenvalue weighted by atomic mass is 10.0. The summed E-state index contributed by atoms with van der Waals surface area (Å²) in [6.07, 6.45) is 1.80. The third-order valence-corrected chi connectivity index (χ3v) is 4.11. The highest BCUT2D eigenvalue weighted by Crippen LogP contribution is 2.24. The van der Waals surface area contributed by atoms with Crippen LogP contribution in [0.5, 0.6) is 0 Å². The van der Waals surface area contributed by atoms with E-state index < -0.39 is 0 Å². The highest BCUT2D eigenvalue weighted by molar-refractivity contribution is 7.09. The van der Waals surface area contributed by atoms with Crippen LogP contribution in [0, 0.1) is 5.92 Å². The molecule has 3 rings (SSSR count). The summed E-state index contributed by atoms with van der Waals surface area (Å²) in [6.45, 7) is 4.92. The Morgan fingerprint density at radius 2 is 2.09 bits per heavy atom. The molecule has 0 radical (unpaired) electrons. The van der Waals surface area contributed by atoms with E-state index in [1.165, 1.54) is 0 Å². The van der Waals surface area contributed by atoms with Gasteiger partial charge >= 0.3 is 0 Å². The maximum absolute atomic E-state index is 5.87. The van der Waals surface area contributed by atoms with Gasteiger partial charge in [-0.2, -0.15) is 9.97 Å². The Labute approximate surface area is 131 Å². The lowest BCUT2D eigenvalue weighted by Gasteiger charge is -2.19. The zero-order valence-corrected chi connectivity index (χ0v) is 13.2. The number of nitrogen functional groups attached to an aromatic ring is 2. The Bertz CT molecular complexity index is 764. The molecular formula is C13H18N8S. The zero-order chi connectivity index (χ0) is 15.7. The van der Waals surface area contributed by atoms with E-state index in [9.17, 15) is 0 Å². The van der Waals surface area contributed by atoms with Crippen molar-refractivity contribution in [2.75, 3.05) is 11.5 Å². The summed E-state index contributed by atoms with van der Waals surface area (Å²) in [6, 6.07) is 0.0266. The van der Waals surface area contributed by atoms with Crippen LogP contribution >= 0.6 is 11.3 Å². The molecule has 3 aromatic rings. The molecule has 116 valence electrons. The highest BCUT2D eigenvalue weighted by atomic mass is 32.1. The Hall–Kier alpha value is -2.26. The largest absolute Gasteiger partial charge is 0.382 e. The number of rotatable bonds is 5. The van der Waals surface area contributed by atoms with Gasteiger partial charge in [-0.1, -0.05) is 13.8 Å². The Kier molecular flexibility index (Phi) is 3.90. The molecule has 0 aromatic carbocycles. The second-order valence-corrected chi connectivity index (χ2v) is 6.30. The molecule has 0 aliphatic carbocycles. The van der Waals surface area contributed by atoms with E-state index in [0.717, 1.165) is 10.8 Å². The van der Waals surface area contributed by atoms with Crippen molar-refractivity contribution in [1.29, 1.82) is 0 Å². The maximum Gasteiger partial charge on any atom is 0.224 e. The number of anilines is 2. The fraction of sp³-hybridized carbons (Fsp3) is 0.385. The molecule has 0 saturated heterocycles. The van der Waals surface area contributed by atoms with Gasteiger partial charge < -0.3 is 21.8 Å². The average molecular weight is 318 g/mol. The first-order valence-corrected chi connectivity index (χ1v) is 7.83. The fourth-order valence-corrected chi connectivity index (χ4v) is 2.85. The van der Waals surface area contributed by atoms with Gasteiger partial charge in [0, 0.05) is 18.1 Å². The van der Waals surface area contributed by atoms with Crippen molar-refractivity contribution in [3.63, 3.8) is 0 Å². The van der Waals surface area contributed by atoms with E-state index in [-0.39, 0.29) is 12.0 Å². The molecule has 1 atom stereocenters. The number of aromatic amines is 1. The third kappa shape index (κ3) is 2.85. The third-order valence-electron chi connectivity index (χ3n) is 3.33. The molecule has 0 amide bonds. The number of nitrogens with zero attached hydrogens (tertiary/aromatic N) is 4. The molecule has 9 heteroatoms. The minimum Gasteiger partial charge on any atom is -0.382 e. The van der Waals surface area contributed by atoms with Gasteiger partial charge in [-0.3, -0.25) is 0 Å². The summed E-state index contributed by atoms with van der Waals surface area (Å²) in [4.78, 5) is 20.1. The van der Waals surface area contributed by atoms with Gasteiger partial charge in [0.15, 0.2) is 11.5 Å². The molecule has 22 heavy (non-hydrogen) atoms. The maximum atomic E-state index is 5.87. The van der Waals surface area contributed by atoms with E-state index in [4.69, 9.17) is 11.5 Å². The van der Waals surface area contributed by atoms with Crippen LogP contribution in [0.1, 0.15) is 30.7 Å². The zero-order valence-electron chi connectivity index (χ0n) is 12.4. The topological polar surface area (TPSA) is 131 Å². The van der Waals surface area contributed by atoms with Gasteiger partial charge in [0.2, 0.25) is 5.95 Å².